The average molecular weight is 607 g/mol. The van der Waals surface area contributed by atoms with Crippen LogP contribution in [0, 0.1) is 12.3 Å². The molecule has 0 aromatic heterocycles. The number of carbonyl (C=O) groups is 2. The van der Waals surface area contributed by atoms with Gasteiger partial charge in [0.15, 0.2) is 0 Å². The van der Waals surface area contributed by atoms with E-state index in [-0.39, 0.29) is 41.7 Å². The highest BCUT2D eigenvalue weighted by Gasteiger charge is 2.81. The Kier molecular flexibility index (Phi) is 8.18. The van der Waals surface area contributed by atoms with E-state index in [0.29, 0.717) is 5.56 Å². The molecule has 0 spiro atoms. The molecule has 13 heteroatoms. The van der Waals surface area contributed by atoms with Gasteiger partial charge in [0.05, 0.1) is 5.41 Å². The number of alkyl halides is 9. The largest absolute Gasteiger partial charge is 0.457 e. The Morgan fingerprint density at radius 3 is 1.81 bits per heavy atom. The molecule has 0 radical (unpaired) electrons. The van der Waals surface area contributed by atoms with Gasteiger partial charge in [0, 0.05) is 5.56 Å². The number of amides is 2. The number of aryl methyl sites for hydroxylation is 2. The number of carbonyl (C=O) groups excluding carboxylic acids is 2. The van der Waals surface area contributed by atoms with E-state index in [1.54, 1.807) is 30.3 Å². The van der Waals surface area contributed by atoms with Crippen molar-refractivity contribution in [1.82, 2.24) is 0 Å². The Labute approximate surface area is 235 Å². The molecule has 42 heavy (non-hydrogen) atoms. The normalized spacial score (nSPS) is 22.8. The summed E-state index contributed by atoms with van der Waals surface area (Å²) in [7, 11) is 0. The van der Waals surface area contributed by atoms with Crippen LogP contribution in [-0.4, -0.2) is 30.1 Å². The highest BCUT2D eigenvalue weighted by Crippen LogP contribution is 2.59. The van der Waals surface area contributed by atoms with Gasteiger partial charge in [-0.3, -0.25) is 9.59 Å². The second-order valence-electron chi connectivity index (χ2n) is 10.3. The van der Waals surface area contributed by atoms with Crippen LogP contribution in [0.5, 0.6) is 0 Å². The van der Waals surface area contributed by atoms with Crippen molar-refractivity contribution >= 4 is 11.8 Å². The van der Waals surface area contributed by atoms with E-state index in [9.17, 15) is 44.7 Å². The quantitative estimate of drug-likeness (QED) is 0.268. The van der Waals surface area contributed by atoms with E-state index >= 15 is 4.39 Å². The standard InChI is InChI=1S/C29H27F9N2O2/c1-4-19-13-20(26(30,28(33,34)35)27(31,32)29(36,37)38)12-16(2)21(19)25(23(40)42)11-10-24(22(39)41,17(3)14-25)15-18-8-6-5-7-9-18/h5-14H,4,15H2,1-3H3,(H2,39,41)(H2,40,42). The van der Waals surface area contributed by atoms with Crippen molar-refractivity contribution in [1.29, 1.82) is 0 Å². The summed E-state index contributed by atoms with van der Waals surface area (Å²) in [5, 5.41) is 0. The second-order valence-corrected chi connectivity index (χ2v) is 10.3. The van der Waals surface area contributed by atoms with E-state index in [1.807, 2.05) is 0 Å². The van der Waals surface area contributed by atoms with Crippen LogP contribution in [0.15, 0.2) is 66.3 Å². The highest BCUT2D eigenvalue weighted by molar-refractivity contribution is 5.96. The van der Waals surface area contributed by atoms with Crippen LogP contribution in [0.1, 0.15) is 41.7 Å². The molecule has 2 aromatic carbocycles. The van der Waals surface area contributed by atoms with Crippen molar-refractivity contribution in [2.75, 3.05) is 0 Å². The Balaban J connectivity index is 2.32. The summed E-state index contributed by atoms with van der Waals surface area (Å²) in [5.74, 6) is -8.78. The van der Waals surface area contributed by atoms with Crippen molar-refractivity contribution in [3.05, 3.63) is 94.1 Å². The van der Waals surface area contributed by atoms with Gasteiger partial charge < -0.3 is 11.5 Å². The molecule has 4 N–H and O–H groups in total. The predicted molar refractivity (Wildman–Crippen MR) is 136 cm³/mol. The maximum absolute atomic E-state index is 15.3. The summed E-state index contributed by atoms with van der Waals surface area (Å²) in [6.07, 6.45) is -10.1. The van der Waals surface area contributed by atoms with Gasteiger partial charge in [0.2, 0.25) is 11.8 Å². The summed E-state index contributed by atoms with van der Waals surface area (Å²) >= 11 is 0. The number of hydrogen-bond donors (Lipinski definition) is 2. The summed E-state index contributed by atoms with van der Waals surface area (Å²) in [4.78, 5) is 25.7. The molecule has 3 atom stereocenters. The van der Waals surface area contributed by atoms with Gasteiger partial charge in [-0.1, -0.05) is 73.2 Å². The molecule has 228 valence electrons. The SMILES string of the molecule is CCc1cc(C(F)(C(F)(F)F)C(F)(F)C(F)(F)F)cc(C)c1C1(C(N)=O)C=CC(Cc2ccccc2)(C(N)=O)C(C)=C1. The Morgan fingerprint density at radius 1 is 0.810 bits per heavy atom. The third-order valence-electron chi connectivity index (χ3n) is 7.74. The second kappa shape index (κ2) is 10.5. The number of halogens is 9. The highest BCUT2D eigenvalue weighted by atomic mass is 19.4. The molecule has 0 fully saturated rings. The van der Waals surface area contributed by atoms with E-state index in [2.05, 4.69) is 0 Å². The van der Waals surface area contributed by atoms with Crippen LogP contribution < -0.4 is 11.5 Å². The minimum atomic E-state index is -6.90. The molecule has 3 rings (SSSR count). The van der Waals surface area contributed by atoms with Gasteiger partial charge in [-0.05, 0) is 48.9 Å². The molecule has 0 saturated heterocycles. The zero-order valence-electron chi connectivity index (χ0n) is 22.6. The van der Waals surface area contributed by atoms with Gasteiger partial charge in [-0.25, -0.2) is 4.39 Å². The maximum atomic E-state index is 15.3. The maximum Gasteiger partial charge on any atom is 0.457 e. The lowest BCUT2D eigenvalue weighted by atomic mass is 9.63. The Morgan fingerprint density at radius 2 is 1.38 bits per heavy atom. The molecule has 0 saturated carbocycles. The lowest BCUT2D eigenvalue weighted by Gasteiger charge is -2.40. The summed E-state index contributed by atoms with van der Waals surface area (Å²) in [6.45, 7) is 3.81. The fraction of sp³-hybridized carbons (Fsp3) is 0.379. The first kappa shape index (κ1) is 32.7. The van der Waals surface area contributed by atoms with Crippen LogP contribution in [0.3, 0.4) is 0 Å². The van der Waals surface area contributed by atoms with Gasteiger partial charge in [0.25, 0.3) is 0 Å². The first-order valence-electron chi connectivity index (χ1n) is 12.5. The molecule has 0 bridgehead atoms. The molecule has 0 heterocycles. The van der Waals surface area contributed by atoms with Crippen molar-refractivity contribution in [2.45, 2.75) is 63.0 Å². The molecule has 1 aliphatic carbocycles. The third kappa shape index (κ3) is 4.86. The van der Waals surface area contributed by atoms with Crippen LogP contribution in [-0.2, 0) is 33.5 Å². The molecule has 1 aliphatic rings. The topological polar surface area (TPSA) is 86.2 Å². The van der Waals surface area contributed by atoms with Crippen LogP contribution in [0.2, 0.25) is 0 Å². The smallest absolute Gasteiger partial charge is 0.369 e. The minimum absolute atomic E-state index is 0.0535. The Hall–Kier alpha value is -3.77. The minimum Gasteiger partial charge on any atom is -0.369 e. The average Bonchev–Trinajstić information content (AvgIpc) is 2.87. The molecular weight excluding hydrogens is 579 g/mol. The van der Waals surface area contributed by atoms with Crippen molar-refractivity contribution in [3.8, 4) is 0 Å². The van der Waals surface area contributed by atoms with Crippen LogP contribution in [0.25, 0.3) is 0 Å². The first-order chi connectivity index (χ1) is 19.1. The number of benzene rings is 2. The molecule has 2 aromatic rings. The van der Waals surface area contributed by atoms with Gasteiger partial charge >= 0.3 is 23.9 Å². The van der Waals surface area contributed by atoms with Crippen LogP contribution >= 0.6 is 0 Å². The van der Waals surface area contributed by atoms with Crippen LogP contribution in [0.4, 0.5) is 39.5 Å². The number of hydrogen-bond acceptors (Lipinski definition) is 2. The fourth-order valence-electron chi connectivity index (χ4n) is 5.48. The van der Waals surface area contributed by atoms with Gasteiger partial charge in [-0.15, -0.1) is 0 Å². The van der Waals surface area contributed by atoms with E-state index in [4.69, 9.17) is 11.5 Å². The number of rotatable bonds is 8. The Bertz CT molecular complexity index is 1450. The number of primary amides is 2. The molecule has 3 unspecified atom stereocenters. The monoisotopic (exact) mass is 606 g/mol. The zero-order valence-corrected chi connectivity index (χ0v) is 22.6. The summed E-state index contributed by atoms with van der Waals surface area (Å²) in [6, 6.07) is 9.05. The molecule has 0 aliphatic heterocycles. The van der Waals surface area contributed by atoms with E-state index in [0.717, 1.165) is 6.92 Å². The molecule has 4 nitrogen and oxygen atoms in total. The third-order valence-corrected chi connectivity index (χ3v) is 7.74. The first-order valence-corrected chi connectivity index (χ1v) is 12.5. The van der Waals surface area contributed by atoms with Crippen molar-refractivity contribution in [3.63, 3.8) is 0 Å². The van der Waals surface area contributed by atoms with Gasteiger partial charge in [-0.2, -0.15) is 35.1 Å². The van der Waals surface area contributed by atoms with E-state index in [1.165, 1.54) is 32.1 Å². The molecule has 2 amide bonds. The lowest BCUT2D eigenvalue weighted by molar-refractivity contribution is -0.389. The van der Waals surface area contributed by atoms with Crippen molar-refractivity contribution in [2.24, 2.45) is 16.9 Å². The zero-order chi connectivity index (χ0) is 32.1. The lowest BCUT2D eigenvalue weighted by Crippen LogP contribution is -2.59. The van der Waals surface area contributed by atoms with Crippen molar-refractivity contribution < 1.29 is 49.1 Å². The van der Waals surface area contributed by atoms with Gasteiger partial charge in [0.1, 0.15) is 5.41 Å². The summed E-state index contributed by atoms with van der Waals surface area (Å²) < 4.78 is 124. The van der Waals surface area contributed by atoms with E-state index < -0.39 is 57.7 Å². The summed E-state index contributed by atoms with van der Waals surface area (Å²) in [5.41, 5.74) is -0.148. The molecular formula is C29H27F9N2O2. The predicted octanol–water partition coefficient (Wildman–Crippen LogP) is 6.44. The fourth-order valence-corrected chi connectivity index (χ4v) is 5.48. The number of nitrogens with two attached hydrogens (primary N) is 2.